The van der Waals surface area contributed by atoms with Gasteiger partial charge in [-0.1, -0.05) is 23.6 Å². The number of carbonyl (C=O) groups is 2. The molecule has 0 spiro atoms. The van der Waals surface area contributed by atoms with Crippen LogP contribution in [0.1, 0.15) is 73.6 Å². The summed E-state index contributed by atoms with van der Waals surface area (Å²) in [6.07, 6.45) is 2.70. The minimum absolute atomic E-state index is 0.0518. The summed E-state index contributed by atoms with van der Waals surface area (Å²) >= 11 is 0. The second-order valence-electron chi connectivity index (χ2n) is 13.9. The van der Waals surface area contributed by atoms with Gasteiger partial charge in [0.15, 0.2) is 0 Å². The van der Waals surface area contributed by atoms with E-state index >= 15 is 0 Å². The highest BCUT2D eigenvalue weighted by atomic mass is 16.6. The van der Waals surface area contributed by atoms with Gasteiger partial charge in [0.1, 0.15) is 12.2 Å². The number of allylic oxidation sites excluding steroid dienone is 2. The van der Waals surface area contributed by atoms with E-state index in [0.717, 1.165) is 18.4 Å². The summed E-state index contributed by atoms with van der Waals surface area (Å²) in [5.41, 5.74) is 2.59. The van der Waals surface area contributed by atoms with Gasteiger partial charge in [-0.25, -0.2) is 0 Å². The molecule has 0 amide bonds. The minimum atomic E-state index is -0.924. The number of fused-ring (bicyclic) bond motifs is 7. The van der Waals surface area contributed by atoms with E-state index < -0.39 is 16.6 Å². The molecule has 2 saturated heterocycles. The largest absolute Gasteiger partial charge is 0.461 e. The van der Waals surface area contributed by atoms with E-state index in [1.54, 1.807) is 0 Å². The van der Waals surface area contributed by atoms with Crippen LogP contribution in [0.15, 0.2) is 22.3 Å². The summed E-state index contributed by atoms with van der Waals surface area (Å²) in [5, 5.41) is 24.2. The van der Waals surface area contributed by atoms with Crippen molar-refractivity contribution in [2.75, 3.05) is 0 Å². The first-order valence-electron chi connectivity index (χ1n) is 14.1. The zero-order valence-electron chi connectivity index (χ0n) is 22.3. The van der Waals surface area contributed by atoms with Gasteiger partial charge in [-0.2, -0.15) is 0 Å². The molecule has 0 unspecified atom stereocenters. The van der Waals surface area contributed by atoms with Crippen LogP contribution in [0.5, 0.6) is 0 Å². The third-order valence-electron chi connectivity index (χ3n) is 12.5. The Morgan fingerprint density at radius 3 is 2.33 bits per heavy atom. The number of carbonyl (C=O) groups excluding carboxylic acids is 2. The Morgan fingerprint density at radius 1 is 0.917 bits per heavy atom. The molecule has 7 rings (SSSR count). The average molecular weight is 497 g/mol. The molecule has 13 atom stereocenters. The van der Waals surface area contributed by atoms with Gasteiger partial charge in [0, 0.05) is 29.1 Å². The van der Waals surface area contributed by atoms with Gasteiger partial charge in [-0.15, -0.1) is 0 Å². The highest BCUT2D eigenvalue weighted by Crippen LogP contribution is 2.79. The topological polar surface area (TPSA) is 93.1 Å². The fraction of sp³-hybridized carbons (Fsp3) is 0.800. The third-order valence-corrected chi connectivity index (χ3v) is 12.5. The van der Waals surface area contributed by atoms with E-state index in [9.17, 15) is 19.8 Å². The standard InChI is InChI=1S/C30H40O6/c1-12-15(4)30-22-14(3)20-23(28(5,33)9-7-16-11-18(31)35-24(16)20)21(22)19(12)25(30)29(6,34)10-8-17-13(2)27(32)36-26(17)30/h13,16-17,19,21-26,33-34H,7-11H2,1-6H3/t13-,16-,17-,19-,21-,22-,23-,24-,25-,26-,28-,29-,30-/m0/s1. The van der Waals surface area contributed by atoms with Crippen molar-refractivity contribution >= 4 is 11.9 Å². The van der Waals surface area contributed by atoms with E-state index in [4.69, 9.17) is 9.47 Å². The smallest absolute Gasteiger partial charge is 0.309 e. The van der Waals surface area contributed by atoms with Crippen molar-refractivity contribution in [2.45, 2.75) is 97.1 Å². The summed E-state index contributed by atoms with van der Waals surface area (Å²) in [7, 11) is 0. The Morgan fingerprint density at radius 2 is 1.61 bits per heavy atom. The maximum atomic E-state index is 13.0. The van der Waals surface area contributed by atoms with Gasteiger partial charge < -0.3 is 19.7 Å². The van der Waals surface area contributed by atoms with Gasteiger partial charge in [0.05, 0.1) is 23.5 Å². The lowest BCUT2D eigenvalue weighted by atomic mass is 9.58. The van der Waals surface area contributed by atoms with E-state index in [-0.39, 0.29) is 71.5 Å². The Hall–Kier alpha value is -1.66. The zero-order valence-corrected chi connectivity index (χ0v) is 22.3. The molecule has 6 nitrogen and oxygen atoms in total. The summed E-state index contributed by atoms with van der Waals surface area (Å²) in [5.74, 6) is -0.228. The molecule has 0 aromatic rings. The molecular formula is C30H40O6. The van der Waals surface area contributed by atoms with Gasteiger partial charge >= 0.3 is 11.9 Å². The summed E-state index contributed by atoms with van der Waals surface area (Å²) in [4.78, 5) is 25.5. The first-order valence-corrected chi connectivity index (χ1v) is 14.1. The first-order chi connectivity index (χ1) is 16.8. The van der Waals surface area contributed by atoms with Crippen molar-refractivity contribution in [1.82, 2.24) is 0 Å². The summed E-state index contributed by atoms with van der Waals surface area (Å²) < 4.78 is 12.3. The quantitative estimate of drug-likeness (QED) is 0.390. The minimum Gasteiger partial charge on any atom is -0.461 e. The average Bonchev–Trinajstić information content (AvgIpc) is 3.51. The van der Waals surface area contributed by atoms with E-state index in [1.807, 2.05) is 20.8 Å². The lowest BCUT2D eigenvalue weighted by molar-refractivity contribution is -0.153. The molecular weight excluding hydrogens is 456 g/mol. The lowest BCUT2D eigenvalue weighted by Gasteiger charge is -2.47. The molecule has 2 aliphatic heterocycles. The van der Waals surface area contributed by atoms with Crippen LogP contribution in [0.4, 0.5) is 0 Å². The summed E-state index contributed by atoms with van der Waals surface area (Å²) in [6, 6.07) is 0. The molecule has 0 aromatic heterocycles. The number of esters is 2. The van der Waals surface area contributed by atoms with Crippen molar-refractivity contribution in [1.29, 1.82) is 0 Å². The molecule has 2 bridgehead atoms. The van der Waals surface area contributed by atoms with Gasteiger partial charge in [0.2, 0.25) is 0 Å². The second kappa shape index (κ2) is 6.85. The molecule has 196 valence electrons. The number of ether oxygens (including phenoxy) is 2. The Kier molecular flexibility index (Phi) is 4.46. The highest BCUT2D eigenvalue weighted by molar-refractivity contribution is 5.76. The van der Waals surface area contributed by atoms with Crippen molar-refractivity contribution < 1.29 is 29.3 Å². The van der Waals surface area contributed by atoms with Crippen LogP contribution in [0.2, 0.25) is 0 Å². The molecule has 2 N–H and O–H groups in total. The fourth-order valence-corrected chi connectivity index (χ4v) is 11.2. The van der Waals surface area contributed by atoms with Crippen molar-refractivity contribution in [3.05, 3.63) is 22.3 Å². The van der Waals surface area contributed by atoms with E-state index in [2.05, 4.69) is 20.8 Å². The molecule has 3 saturated carbocycles. The van der Waals surface area contributed by atoms with Crippen LogP contribution in [-0.2, 0) is 19.1 Å². The molecule has 6 heteroatoms. The van der Waals surface area contributed by atoms with Gasteiger partial charge in [-0.3, -0.25) is 9.59 Å². The number of hydrogen-bond acceptors (Lipinski definition) is 6. The third kappa shape index (κ3) is 2.43. The van der Waals surface area contributed by atoms with Crippen molar-refractivity contribution in [2.24, 2.45) is 52.8 Å². The maximum Gasteiger partial charge on any atom is 0.309 e. The number of hydrogen-bond donors (Lipinski definition) is 2. The van der Waals surface area contributed by atoms with Gasteiger partial charge in [-0.05, 0) is 83.6 Å². The van der Waals surface area contributed by atoms with Crippen LogP contribution in [0.3, 0.4) is 0 Å². The highest BCUT2D eigenvalue weighted by Gasteiger charge is 2.79. The fourth-order valence-electron chi connectivity index (χ4n) is 11.2. The summed E-state index contributed by atoms with van der Waals surface area (Å²) in [6.45, 7) is 12.5. The van der Waals surface area contributed by atoms with E-state index in [0.29, 0.717) is 19.3 Å². The predicted molar refractivity (Wildman–Crippen MR) is 131 cm³/mol. The monoisotopic (exact) mass is 496 g/mol. The molecule has 36 heavy (non-hydrogen) atoms. The Bertz CT molecular complexity index is 1140. The molecule has 2 heterocycles. The van der Waals surface area contributed by atoms with Crippen LogP contribution in [-0.4, -0.2) is 45.6 Å². The number of rotatable bonds is 0. The Balaban J connectivity index is 1.50. The zero-order chi connectivity index (χ0) is 25.7. The van der Waals surface area contributed by atoms with Gasteiger partial charge in [0.25, 0.3) is 0 Å². The maximum absolute atomic E-state index is 13.0. The number of aliphatic hydroxyl groups is 2. The Labute approximate surface area is 213 Å². The van der Waals surface area contributed by atoms with Crippen molar-refractivity contribution in [3.63, 3.8) is 0 Å². The SMILES string of the molecule is CC1=C(C)[C@@]23[C@@H]([C@@H]1[C@H]1[C@@H]2C(C)=C2[C@H]4OC(=O)C[C@@H]4CC[C@](C)(O)[C@@H]21)[C@@](C)(O)CC[C@H]1[C@H](C)C(=O)O[C@@H]13. The van der Waals surface area contributed by atoms with Crippen LogP contribution >= 0.6 is 0 Å². The van der Waals surface area contributed by atoms with E-state index in [1.165, 1.54) is 16.7 Å². The normalized spacial score (nSPS) is 57.0. The van der Waals surface area contributed by atoms with Crippen LogP contribution in [0.25, 0.3) is 0 Å². The predicted octanol–water partition coefficient (Wildman–Crippen LogP) is 3.95. The molecule has 5 fully saturated rings. The molecule has 7 aliphatic rings. The lowest BCUT2D eigenvalue weighted by Crippen LogP contribution is -2.51. The van der Waals surface area contributed by atoms with Crippen LogP contribution < -0.4 is 0 Å². The second-order valence-corrected chi connectivity index (χ2v) is 13.9. The molecule has 5 aliphatic carbocycles. The first kappa shape index (κ1) is 23.5. The van der Waals surface area contributed by atoms with Crippen LogP contribution in [0, 0.1) is 52.8 Å². The molecule has 0 radical (unpaired) electrons. The molecule has 0 aromatic carbocycles. The van der Waals surface area contributed by atoms with Crippen molar-refractivity contribution in [3.8, 4) is 0 Å².